The van der Waals surface area contributed by atoms with E-state index in [2.05, 4.69) is 10.1 Å². The number of rotatable bonds is 6. The maximum atomic E-state index is 12.7. The van der Waals surface area contributed by atoms with Gasteiger partial charge in [-0.2, -0.15) is 5.10 Å². The van der Waals surface area contributed by atoms with Gasteiger partial charge in [-0.1, -0.05) is 30.3 Å². The van der Waals surface area contributed by atoms with E-state index in [1.54, 1.807) is 10.9 Å². The van der Waals surface area contributed by atoms with Crippen LogP contribution in [0.2, 0.25) is 0 Å². The summed E-state index contributed by atoms with van der Waals surface area (Å²) in [5.41, 5.74) is 2.21. The molecule has 3 heterocycles. The van der Waals surface area contributed by atoms with Gasteiger partial charge in [0.25, 0.3) is 5.56 Å². The molecule has 3 aromatic rings. The van der Waals surface area contributed by atoms with Crippen molar-refractivity contribution >= 4 is 5.91 Å². The Kier molecular flexibility index (Phi) is 6.23. The molecule has 0 unspecified atom stereocenters. The molecule has 1 fully saturated rings. The van der Waals surface area contributed by atoms with Gasteiger partial charge in [0.2, 0.25) is 5.91 Å². The normalized spacial score (nSPS) is 15.7. The first-order valence-electron chi connectivity index (χ1n) is 10.9. The van der Waals surface area contributed by atoms with Crippen molar-refractivity contribution in [3.8, 4) is 11.3 Å². The number of aromatic nitrogens is 4. The van der Waals surface area contributed by atoms with Crippen molar-refractivity contribution in [1.29, 1.82) is 0 Å². The fourth-order valence-electron chi connectivity index (χ4n) is 4.14. The zero-order valence-electron chi connectivity index (χ0n) is 18.6. The molecule has 0 atom stereocenters. The maximum Gasteiger partial charge on any atom is 0.253 e. The number of nitrogens with zero attached hydrogens (tertiary/aromatic N) is 5. The summed E-state index contributed by atoms with van der Waals surface area (Å²) < 4.78 is 3.18. The molecule has 1 N–H and O–H groups in total. The van der Waals surface area contributed by atoms with Gasteiger partial charge in [-0.15, -0.1) is 0 Å². The van der Waals surface area contributed by atoms with E-state index in [9.17, 15) is 14.7 Å². The molecule has 2 aromatic heterocycles. The van der Waals surface area contributed by atoms with E-state index in [-0.39, 0.29) is 18.0 Å². The van der Waals surface area contributed by atoms with Gasteiger partial charge in [-0.3, -0.25) is 18.8 Å². The lowest BCUT2D eigenvalue weighted by atomic mass is 9.91. The highest BCUT2D eigenvalue weighted by atomic mass is 16.3. The standard InChI is InChI=1S/C24H29N5O3/c1-18-20(15-26-27(18)2)21-14-23(31)29(17-25-21)16-24(32)10-12-28(13-11-24)22(30)9-8-19-6-4-3-5-7-19/h3-7,14-15,17,32H,8-13,16H2,1-2H3. The third kappa shape index (κ3) is 4.80. The molecule has 1 aliphatic rings. The molecule has 0 aliphatic carbocycles. The van der Waals surface area contributed by atoms with Crippen LogP contribution in [0.4, 0.5) is 0 Å². The number of piperidine rings is 1. The summed E-state index contributed by atoms with van der Waals surface area (Å²) in [6.07, 6.45) is 5.21. The van der Waals surface area contributed by atoms with Crippen LogP contribution in [-0.2, 0) is 24.8 Å². The van der Waals surface area contributed by atoms with Gasteiger partial charge in [-0.25, -0.2) is 4.98 Å². The largest absolute Gasteiger partial charge is 0.388 e. The molecule has 0 radical (unpaired) electrons. The topological polar surface area (TPSA) is 93.2 Å². The van der Waals surface area contributed by atoms with Crippen molar-refractivity contribution in [2.24, 2.45) is 7.05 Å². The van der Waals surface area contributed by atoms with E-state index >= 15 is 0 Å². The van der Waals surface area contributed by atoms with Crippen molar-refractivity contribution in [3.05, 3.63) is 70.5 Å². The smallest absolute Gasteiger partial charge is 0.253 e. The average Bonchev–Trinajstić information content (AvgIpc) is 3.13. The Bertz CT molecular complexity index is 1140. The Morgan fingerprint density at radius 3 is 2.53 bits per heavy atom. The molecule has 4 rings (SSSR count). The minimum Gasteiger partial charge on any atom is -0.388 e. The molecule has 168 valence electrons. The van der Waals surface area contributed by atoms with Crippen LogP contribution >= 0.6 is 0 Å². The number of aryl methyl sites for hydroxylation is 2. The second kappa shape index (κ2) is 9.08. The number of likely N-dealkylation sites (tertiary alicyclic amines) is 1. The molecular weight excluding hydrogens is 406 g/mol. The lowest BCUT2D eigenvalue weighted by molar-refractivity contribution is -0.135. The molecule has 0 saturated carbocycles. The Morgan fingerprint density at radius 2 is 1.91 bits per heavy atom. The van der Waals surface area contributed by atoms with Gasteiger partial charge in [0.1, 0.15) is 0 Å². The van der Waals surface area contributed by atoms with Crippen molar-refractivity contribution in [3.63, 3.8) is 0 Å². The third-order valence-corrected chi connectivity index (χ3v) is 6.37. The van der Waals surface area contributed by atoms with E-state index in [1.165, 1.54) is 17.0 Å². The molecule has 1 aromatic carbocycles. The van der Waals surface area contributed by atoms with E-state index in [4.69, 9.17) is 0 Å². The van der Waals surface area contributed by atoms with Gasteiger partial charge in [-0.05, 0) is 31.7 Å². The molecule has 32 heavy (non-hydrogen) atoms. The highest BCUT2D eigenvalue weighted by Gasteiger charge is 2.34. The summed E-state index contributed by atoms with van der Waals surface area (Å²) in [6.45, 7) is 3.06. The molecule has 1 amide bonds. The minimum absolute atomic E-state index is 0.103. The molecule has 0 spiro atoms. The molecule has 8 nitrogen and oxygen atoms in total. The lowest BCUT2D eigenvalue weighted by Gasteiger charge is -2.38. The molecule has 1 aliphatic heterocycles. The molecule has 8 heteroatoms. The van der Waals surface area contributed by atoms with Crippen LogP contribution in [0.15, 0.2) is 53.7 Å². The number of hydrogen-bond donors (Lipinski definition) is 1. The predicted octanol–water partition coefficient (Wildman–Crippen LogP) is 1.94. The van der Waals surface area contributed by atoms with E-state index in [0.29, 0.717) is 44.5 Å². The second-order valence-corrected chi connectivity index (χ2v) is 8.60. The first kappa shape index (κ1) is 22.0. The first-order chi connectivity index (χ1) is 15.3. The number of amides is 1. The van der Waals surface area contributed by atoms with Crippen LogP contribution in [0, 0.1) is 6.92 Å². The Morgan fingerprint density at radius 1 is 1.19 bits per heavy atom. The number of benzene rings is 1. The van der Waals surface area contributed by atoms with Crippen molar-refractivity contribution < 1.29 is 9.90 Å². The Labute approximate surface area is 187 Å². The number of aliphatic hydroxyl groups is 1. The van der Waals surface area contributed by atoms with Crippen molar-refractivity contribution in [2.75, 3.05) is 13.1 Å². The maximum absolute atomic E-state index is 12.7. The van der Waals surface area contributed by atoms with Gasteiger partial charge >= 0.3 is 0 Å². The summed E-state index contributed by atoms with van der Waals surface area (Å²) >= 11 is 0. The predicted molar refractivity (Wildman–Crippen MR) is 121 cm³/mol. The van der Waals surface area contributed by atoms with Crippen LogP contribution in [-0.4, -0.2) is 53.9 Å². The molecular formula is C24H29N5O3. The van der Waals surface area contributed by atoms with Gasteiger partial charge in [0.05, 0.1) is 30.4 Å². The van der Waals surface area contributed by atoms with E-state index in [0.717, 1.165) is 16.8 Å². The van der Waals surface area contributed by atoms with Crippen LogP contribution < -0.4 is 5.56 Å². The third-order valence-electron chi connectivity index (χ3n) is 6.37. The van der Waals surface area contributed by atoms with Crippen LogP contribution in [0.1, 0.15) is 30.5 Å². The fourth-order valence-corrected chi connectivity index (χ4v) is 4.14. The number of hydrogen-bond acceptors (Lipinski definition) is 5. The summed E-state index contributed by atoms with van der Waals surface area (Å²) in [4.78, 5) is 31.5. The zero-order chi connectivity index (χ0) is 22.7. The van der Waals surface area contributed by atoms with Crippen molar-refractivity contribution in [1.82, 2.24) is 24.2 Å². The van der Waals surface area contributed by atoms with Gasteiger partial charge in [0.15, 0.2) is 0 Å². The molecule has 1 saturated heterocycles. The summed E-state index contributed by atoms with van der Waals surface area (Å²) in [5, 5.41) is 15.2. The van der Waals surface area contributed by atoms with Crippen molar-refractivity contribution in [2.45, 2.75) is 44.8 Å². The number of carbonyl (C=O) groups excluding carboxylic acids is 1. The summed E-state index contributed by atoms with van der Waals surface area (Å²) in [7, 11) is 1.84. The molecule has 0 bridgehead atoms. The highest BCUT2D eigenvalue weighted by molar-refractivity contribution is 5.76. The Hall–Kier alpha value is -3.26. The number of carbonyl (C=O) groups is 1. The van der Waals surface area contributed by atoms with Gasteiger partial charge < -0.3 is 10.0 Å². The highest BCUT2D eigenvalue weighted by Crippen LogP contribution is 2.25. The van der Waals surface area contributed by atoms with Crippen LogP contribution in [0.3, 0.4) is 0 Å². The monoisotopic (exact) mass is 435 g/mol. The quantitative estimate of drug-likeness (QED) is 0.639. The fraction of sp³-hybridized carbons (Fsp3) is 0.417. The second-order valence-electron chi connectivity index (χ2n) is 8.60. The van der Waals surface area contributed by atoms with Gasteiger partial charge in [0, 0.05) is 43.9 Å². The van der Waals surface area contributed by atoms with Crippen LogP contribution in [0.5, 0.6) is 0 Å². The van der Waals surface area contributed by atoms with Crippen LogP contribution in [0.25, 0.3) is 11.3 Å². The first-order valence-corrected chi connectivity index (χ1v) is 10.9. The lowest BCUT2D eigenvalue weighted by Crippen LogP contribution is -2.49. The van der Waals surface area contributed by atoms with E-state index in [1.807, 2.05) is 49.2 Å². The minimum atomic E-state index is -1.03. The zero-order valence-corrected chi connectivity index (χ0v) is 18.6. The average molecular weight is 436 g/mol. The van der Waals surface area contributed by atoms with E-state index < -0.39 is 5.60 Å². The SMILES string of the molecule is Cc1c(-c2cc(=O)n(CC3(O)CCN(C(=O)CCc4ccccc4)CC3)cn2)cnn1C. The summed E-state index contributed by atoms with van der Waals surface area (Å²) in [5.74, 6) is 0.103. The summed E-state index contributed by atoms with van der Waals surface area (Å²) in [6, 6.07) is 11.4. The Balaban J connectivity index is 1.35.